The summed E-state index contributed by atoms with van der Waals surface area (Å²) in [5, 5.41) is 6.93. The van der Waals surface area contributed by atoms with Crippen LogP contribution in [0.3, 0.4) is 0 Å². The van der Waals surface area contributed by atoms with Crippen LogP contribution in [0.4, 0.5) is 14.6 Å². The molecule has 4 rings (SSSR count). The van der Waals surface area contributed by atoms with Crippen LogP contribution in [-0.4, -0.2) is 57.2 Å². The highest BCUT2D eigenvalue weighted by Crippen LogP contribution is 2.40. The summed E-state index contributed by atoms with van der Waals surface area (Å²) in [6, 6.07) is 4.51. The van der Waals surface area contributed by atoms with E-state index < -0.39 is 17.9 Å². The van der Waals surface area contributed by atoms with Gasteiger partial charge in [-0.2, -0.15) is 5.10 Å². The van der Waals surface area contributed by atoms with E-state index in [1.54, 1.807) is 49.5 Å². The number of pyridine rings is 1. The highest BCUT2D eigenvalue weighted by Gasteiger charge is 2.47. The Hall–Kier alpha value is -2.55. The standard InChI is InChI=1S/C21H27F2N5O2/c1-14(20(29)25-19-6-5-16(11-24-19)30-13-15-3-4-15)28-10-8-21(22,23)17(12-28)18-7-9-27(2)26-18/h5-7,9,11,14-15,17H,3-4,8,10,12-13H2,1-2H3,(H,24,25,29)/t14-,17+/m0/s1. The molecule has 9 heteroatoms. The molecule has 0 radical (unpaired) electrons. The lowest BCUT2D eigenvalue weighted by molar-refractivity contribution is -0.125. The van der Waals surface area contributed by atoms with Crippen molar-refractivity contribution in [2.75, 3.05) is 25.0 Å². The van der Waals surface area contributed by atoms with Crippen molar-refractivity contribution in [1.29, 1.82) is 0 Å². The van der Waals surface area contributed by atoms with Crippen LogP contribution in [0.25, 0.3) is 0 Å². The molecule has 2 aliphatic rings. The van der Waals surface area contributed by atoms with E-state index in [0.29, 0.717) is 29.8 Å². The summed E-state index contributed by atoms with van der Waals surface area (Å²) in [4.78, 5) is 18.7. The van der Waals surface area contributed by atoms with Gasteiger partial charge in [-0.15, -0.1) is 0 Å². The largest absolute Gasteiger partial charge is 0.492 e. The van der Waals surface area contributed by atoms with Crippen LogP contribution in [0, 0.1) is 5.92 Å². The predicted molar refractivity (Wildman–Crippen MR) is 108 cm³/mol. The van der Waals surface area contributed by atoms with Gasteiger partial charge in [0, 0.05) is 32.8 Å². The number of alkyl halides is 2. The molecule has 162 valence electrons. The molecule has 0 bridgehead atoms. The first kappa shape index (κ1) is 20.7. The number of hydrogen-bond donors (Lipinski definition) is 1. The Morgan fingerprint density at radius 3 is 2.80 bits per heavy atom. The normalized spacial score (nSPS) is 22.5. The third-order valence-corrected chi connectivity index (χ3v) is 5.85. The predicted octanol–water partition coefficient (Wildman–Crippen LogP) is 3.06. The van der Waals surface area contributed by atoms with Gasteiger partial charge in [-0.25, -0.2) is 13.8 Å². The van der Waals surface area contributed by atoms with E-state index >= 15 is 0 Å². The number of amides is 1. The zero-order valence-electron chi connectivity index (χ0n) is 17.2. The van der Waals surface area contributed by atoms with E-state index in [-0.39, 0.29) is 25.4 Å². The summed E-state index contributed by atoms with van der Waals surface area (Å²) in [7, 11) is 1.70. The number of aromatic nitrogens is 3. The molecule has 0 spiro atoms. The maximum atomic E-state index is 14.5. The van der Waals surface area contributed by atoms with Gasteiger partial charge in [0.2, 0.25) is 5.91 Å². The van der Waals surface area contributed by atoms with Crippen molar-refractivity contribution >= 4 is 11.7 Å². The Labute approximate surface area is 174 Å². The molecule has 0 unspecified atom stereocenters. The zero-order chi connectivity index (χ0) is 21.3. The van der Waals surface area contributed by atoms with Crippen LogP contribution in [-0.2, 0) is 11.8 Å². The lowest BCUT2D eigenvalue weighted by atomic mass is 9.90. The third-order valence-electron chi connectivity index (χ3n) is 5.85. The third kappa shape index (κ3) is 4.77. The molecule has 2 fully saturated rings. The number of likely N-dealkylation sites (tertiary alicyclic amines) is 1. The number of carbonyl (C=O) groups is 1. The van der Waals surface area contributed by atoms with Gasteiger partial charge in [-0.05, 0) is 43.9 Å². The number of hydrogen-bond acceptors (Lipinski definition) is 5. The lowest BCUT2D eigenvalue weighted by Gasteiger charge is -2.39. The Morgan fingerprint density at radius 2 is 2.17 bits per heavy atom. The van der Waals surface area contributed by atoms with Crippen LogP contribution in [0.1, 0.15) is 37.8 Å². The number of anilines is 1. The van der Waals surface area contributed by atoms with Gasteiger partial charge in [0.25, 0.3) is 5.92 Å². The molecule has 30 heavy (non-hydrogen) atoms. The van der Waals surface area contributed by atoms with Gasteiger partial charge in [0.15, 0.2) is 0 Å². The molecule has 1 aliphatic carbocycles. The van der Waals surface area contributed by atoms with E-state index in [0.717, 1.165) is 0 Å². The number of nitrogens with one attached hydrogen (secondary N) is 1. The number of rotatable bonds is 7. The summed E-state index contributed by atoms with van der Waals surface area (Å²) in [5.41, 5.74) is 0.350. The number of piperidine rings is 1. The van der Waals surface area contributed by atoms with E-state index in [4.69, 9.17) is 4.74 Å². The van der Waals surface area contributed by atoms with Gasteiger partial charge < -0.3 is 10.1 Å². The summed E-state index contributed by atoms with van der Waals surface area (Å²) < 4.78 is 36.2. The molecule has 1 aliphatic heterocycles. The minimum atomic E-state index is -2.85. The quantitative estimate of drug-likeness (QED) is 0.747. The molecule has 2 aromatic heterocycles. The second-order valence-electron chi connectivity index (χ2n) is 8.27. The molecule has 1 amide bonds. The molecule has 1 N–H and O–H groups in total. The van der Waals surface area contributed by atoms with Crippen molar-refractivity contribution in [2.24, 2.45) is 13.0 Å². The minimum Gasteiger partial charge on any atom is -0.492 e. The maximum absolute atomic E-state index is 14.5. The molecule has 1 saturated carbocycles. The van der Waals surface area contributed by atoms with Crippen LogP contribution >= 0.6 is 0 Å². The van der Waals surface area contributed by atoms with Crippen molar-refractivity contribution in [1.82, 2.24) is 19.7 Å². The molecular formula is C21H27F2N5O2. The average Bonchev–Trinajstić information content (AvgIpc) is 3.46. The number of carbonyl (C=O) groups excluding carboxylic acids is 1. The van der Waals surface area contributed by atoms with Crippen LogP contribution in [0.15, 0.2) is 30.6 Å². The van der Waals surface area contributed by atoms with Crippen molar-refractivity contribution in [2.45, 2.75) is 44.1 Å². The zero-order valence-corrected chi connectivity index (χ0v) is 17.2. The molecule has 7 nitrogen and oxygen atoms in total. The highest BCUT2D eigenvalue weighted by atomic mass is 19.3. The molecule has 3 heterocycles. The Balaban J connectivity index is 1.35. The van der Waals surface area contributed by atoms with Crippen LogP contribution in [0.5, 0.6) is 5.75 Å². The lowest BCUT2D eigenvalue weighted by Crippen LogP contribution is -2.52. The first-order valence-corrected chi connectivity index (χ1v) is 10.3. The summed E-state index contributed by atoms with van der Waals surface area (Å²) in [6.45, 7) is 2.63. The first-order valence-electron chi connectivity index (χ1n) is 10.3. The van der Waals surface area contributed by atoms with Gasteiger partial charge in [0.1, 0.15) is 11.6 Å². The fourth-order valence-electron chi connectivity index (χ4n) is 3.64. The van der Waals surface area contributed by atoms with E-state index in [1.807, 2.05) is 0 Å². The van der Waals surface area contributed by atoms with Crippen molar-refractivity contribution < 1.29 is 18.3 Å². The van der Waals surface area contributed by atoms with Gasteiger partial charge >= 0.3 is 0 Å². The van der Waals surface area contributed by atoms with Crippen molar-refractivity contribution in [3.8, 4) is 5.75 Å². The highest BCUT2D eigenvalue weighted by molar-refractivity contribution is 5.93. The smallest absolute Gasteiger partial charge is 0.258 e. The Bertz CT molecular complexity index is 882. The molecular weight excluding hydrogens is 392 g/mol. The SMILES string of the molecule is C[C@@H](C(=O)Nc1ccc(OCC2CC2)cn1)N1CCC(F)(F)[C@@H](c2ccn(C)n2)C1. The van der Waals surface area contributed by atoms with Crippen molar-refractivity contribution in [3.63, 3.8) is 0 Å². The summed E-state index contributed by atoms with van der Waals surface area (Å²) >= 11 is 0. The Kier molecular flexibility index (Phi) is 5.73. The van der Waals surface area contributed by atoms with Gasteiger partial charge in [-0.1, -0.05) is 0 Å². The van der Waals surface area contributed by atoms with Crippen molar-refractivity contribution in [3.05, 3.63) is 36.3 Å². The number of ether oxygens (including phenoxy) is 1. The fourth-order valence-corrected chi connectivity index (χ4v) is 3.64. The number of nitrogens with zero attached hydrogens (tertiary/aromatic N) is 4. The molecule has 0 aromatic carbocycles. The maximum Gasteiger partial charge on any atom is 0.258 e. The first-order chi connectivity index (χ1) is 14.3. The molecule has 2 aromatic rings. The van der Waals surface area contributed by atoms with Gasteiger partial charge in [-0.3, -0.25) is 14.4 Å². The summed E-state index contributed by atoms with van der Waals surface area (Å²) in [5.74, 6) is -2.43. The second-order valence-corrected chi connectivity index (χ2v) is 8.27. The van der Waals surface area contributed by atoms with Crippen LogP contribution < -0.4 is 10.1 Å². The minimum absolute atomic E-state index is 0.0694. The Morgan fingerprint density at radius 1 is 1.37 bits per heavy atom. The van der Waals surface area contributed by atoms with Gasteiger partial charge in [0.05, 0.1) is 30.5 Å². The molecule has 2 atom stereocenters. The second kappa shape index (κ2) is 8.29. The fraction of sp³-hybridized carbons (Fsp3) is 0.571. The topological polar surface area (TPSA) is 72.3 Å². The average molecular weight is 419 g/mol. The van der Waals surface area contributed by atoms with E-state index in [1.165, 1.54) is 17.5 Å². The summed E-state index contributed by atoms with van der Waals surface area (Å²) in [6.07, 6.45) is 5.36. The number of halogens is 2. The molecule has 1 saturated heterocycles. The van der Waals surface area contributed by atoms with E-state index in [2.05, 4.69) is 15.4 Å². The van der Waals surface area contributed by atoms with Crippen LogP contribution in [0.2, 0.25) is 0 Å². The van der Waals surface area contributed by atoms with E-state index in [9.17, 15) is 13.6 Å². The number of aryl methyl sites for hydroxylation is 1. The monoisotopic (exact) mass is 419 g/mol.